The van der Waals surface area contributed by atoms with E-state index in [9.17, 15) is 9.90 Å². The largest absolute Gasteiger partial charge is 0.507 e. The third kappa shape index (κ3) is 2.07. The van der Waals surface area contributed by atoms with Crippen molar-refractivity contribution in [2.75, 3.05) is 6.54 Å². The molecule has 3 nitrogen and oxygen atoms in total. The normalized spacial score (nSPS) is 20.1. The maximum atomic E-state index is 12.2. The molecule has 0 saturated carbocycles. The number of phenolic OH excluding ortho intramolecular Hbond substituents is 1. The van der Waals surface area contributed by atoms with E-state index in [1.807, 2.05) is 11.8 Å². The van der Waals surface area contributed by atoms with Gasteiger partial charge in [0.1, 0.15) is 5.75 Å². The molecule has 0 radical (unpaired) electrons. The van der Waals surface area contributed by atoms with Crippen LogP contribution in [0.2, 0.25) is 0 Å². The molecule has 1 atom stereocenters. The van der Waals surface area contributed by atoms with Gasteiger partial charge in [0.05, 0.1) is 5.56 Å². The molecular weight excluding hydrogens is 270 g/mol. The first kappa shape index (κ1) is 11.5. The number of phenols is 1. The number of aromatic hydroxyl groups is 1. The fraction of sp³-hybridized carbons (Fsp3) is 0.417. The highest BCUT2D eigenvalue weighted by atomic mass is 79.9. The van der Waals surface area contributed by atoms with Gasteiger partial charge in [0.25, 0.3) is 5.91 Å². The fourth-order valence-electron chi connectivity index (χ4n) is 2.07. The molecule has 0 spiro atoms. The average molecular weight is 284 g/mol. The molecule has 1 heterocycles. The Morgan fingerprint density at radius 1 is 1.56 bits per heavy atom. The fourth-order valence-corrected chi connectivity index (χ4v) is 2.43. The number of nitrogens with zero attached hydrogens (tertiary/aromatic N) is 1. The number of halogens is 1. The van der Waals surface area contributed by atoms with Gasteiger partial charge in [-0.05, 0) is 38.0 Å². The number of rotatable bonds is 1. The first-order valence-corrected chi connectivity index (χ1v) is 6.18. The first-order chi connectivity index (χ1) is 7.59. The molecule has 2 rings (SSSR count). The predicted octanol–water partition coefficient (Wildman–Crippen LogP) is 2.78. The highest BCUT2D eigenvalue weighted by Crippen LogP contribution is 2.26. The number of carbonyl (C=O) groups is 1. The summed E-state index contributed by atoms with van der Waals surface area (Å²) in [6.45, 7) is 2.83. The van der Waals surface area contributed by atoms with Gasteiger partial charge in [-0.15, -0.1) is 0 Å². The molecule has 1 aliphatic heterocycles. The van der Waals surface area contributed by atoms with Gasteiger partial charge in [-0.1, -0.05) is 15.9 Å². The molecule has 0 bridgehead atoms. The van der Waals surface area contributed by atoms with Gasteiger partial charge < -0.3 is 10.0 Å². The second-order valence-corrected chi connectivity index (χ2v) is 5.07. The van der Waals surface area contributed by atoms with Crippen LogP contribution in [0.25, 0.3) is 0 Å². The minimum atomic E-state index is -0.0798. The summed E-state index contributed by atoms with van der Waals surface area (Å²) in [6, 6.07) is 5.20. The molecule has 1 aliphatic rings. The Bertz CT molecular complexity index is 419. The van der Waals surface area contributed by atoms with Gasteiger partial charge in [-0.25, -0.2) is 0 Å². The molecule has 86 valence electrons. The van der Waals surface area contributed by atoms with Crippen LogP contribution in [-0.2, 0) is 0 Å². The summed E-state index contributed by atoms with van der Waals surface area (Å²) in [5.74, 6) is -0.0314. The van der Waals surface area contributed by atoms with Crippen LogP contribution in [0.3, 0.4) is 0 Å². The van der Waals surface area contributed by atoms with E-state index >= 15 is 0 Å². The molecule has 0 aliphatic carbocycles. The standard InChI is InChI=1S/C12H14BrNO2/c1-8-3-2-6-14(8)12(16)10-7-9(13)4-5-11(10)15/h4-5,7-8,15H,2-3,6H2,1H3. The Hall–Kier alpha value is -1.03. The number of likely N-dealkylation sites (tertiary alicyclic amines) is 1. The highest BCUT2D eigenvalue weighted by Gasteiger charge is 2.27. The zero-order valence-corrected chi connectivity index (χ0v) is 10.7. The smallest absolute Gasteiger partial charge is 0.257 e. The summed E-state index contributed by atoms with van der Waals surface area (Å²) in [5, 5.41) is 9.68. The number of hydrogen-bond donors (Lipinski definition) is 1. The van der Waals surface area contributed by atoms with Crippen molar-refractivity contribution in [1.29, 1.82) is 0 Å². The Morgan fingerprint density at radius 3 is 2.94 bits per heavy atom. The zero-order valence-electron chi connectivity index (χ0n) is 9.11. The van der Waals surface area contributed by atoms with Gasteiger partial charge in [0, 0.05) is 17.1 Å². The number of benzene rings is 1. The highest BCUT2D eigenvalue weighted by molar-refractivity contribution is 9.10. The molecule has 1 amide bonds. The van der Waals surface area contributed by atoms with Crippen LogP contribution in [0.5, 0.6) is 5.75 Å². The molecule has 4 heteroatoms. The van der Waals surface area contributed by atoms with Gasteiger partial charge in [-0.3, -0.25) is 4.79 Å². The Morgan fingerprint density at radius 2 is 2.31 bits per heavy atom. The minimum Gasteiger partial charge on any atom is -0.507 e. The molecule has 1 aromatic rings. The van der Waals surface area contributed by atoms with Gasteiger partial charge >= 0.3 is 0 Å². The van der Waals surface area contributed by atoms with Crippen molar-refractivity contribution in [1.82, 2.24) is 4.90 Å². The average Bonchev–Trinajstić information content (AvgIpc) is 2.67. The maximum absolute atomic E-state index is 12.2. The van der Waals surface area contributed by atoms with Crippen LogP contribution in [0.1, 0.15) is 30.1 Å². The minimum absolute atomic E-state index is 0.0484. The van der Waals surface area contributed by atoms with Crippen molar-refractivity contribution < 1.29 is 9.90 Å². The van der Waals surface area contributed by atoms with Crippen LogP contribution in [0.4, 0.5) is 0 Å². The van der Waals surface area contributed by atoms with Crippen molar-refractivity contribution in [3.05, 3.63) is 28.2 Å². The summed E-state index contributed by atoms with van der Waals surface area (Å²) < 4.78 is 0.806. The molecule has 1 fully saturated rings. The third-order valence-corrected chi connectivity index (χ3v) is 3.50. The molecule has 1 saturated heterocycles. The molecule has 0 aromatic heterocycles. The maximum Gasteiger partial charge on any atom is 0.257 e. The van der Waals surface area contributed by atoms with E-state index in [0.29, 0.717) is 5.56 Å². The van der Waals surface area contributed by atoms with E-state index in [0.717, 1.165) is 23.9 Å². The van der Waals surface area contributed by atoms with E-state index in [1.54, 1.807) is 12.1 Å². The quantitative estimate of drug-likeness (QED) is 0.861. The van der Waals surface area contributed by atoms with Gasteiger partial charge in [-0.2, -0.15) is 0 Å². The molecule has 1 N–H and O–H groups in total. The lowest BCUT2D eigenvalue weighted by Crippen LogP contribution is -2.33. The summed E-state index contributed by atoms with van der Waals surface area (Å²) in [6.07, 6.45) is 2.09. The van der Waals surface area contributed by atoms with Crippen molar-refractivity contribution in [3.63, 3.8) is 0 Å². The van der Waals surface area contributed by atoms with Crippen LogP contribution >= 0.6 is 15.9 Å². The third-order valence-electron chi connectivity index (χ3n) is 3.00. The molecule has 16 heavy (non-hydrogen) atoms. The lowest BCUT2D eigenvalue weighted by atomic mass is 10.1. The summed E-state index contributed by atoms with van der Waals surface area (Å²) in [4.78, 5) is 14.0. The second-order valence-electron chi connectivity index (χ2n) is 4.15. The summed E-state index contributed by atoms with van der Waals surface area (Å²) >= 11 is 3.31. The van der Waals surface area contributed by atoms with Crippen molar-refractivity contribution in [2.45, 2.75) is 25.8 Å². The van der Waals surface area contributed by atoms with Crippen LogP contribution in [0.15, 0.2) is 22.7 Å². The number of carbonyl (C=O) groups excluding carboxylic acids is 1. The van der Waals surface area contributed by atoms with E-state index in [2.05, 4.69) is 15.9 Å². The summed E-state index contributed by atoms with van der Waals surface area (Å²) in [5.41, 5.74) is 0.378. The van der Waals surface area contributed by atoms with Gasteiger partial charge in [0.2, 0.25) is 0 Å². The van der Waals surface area contributed by atoms with Crippen LogP contribution < -0.4 is 0 Å². The van der Waals surface area contributed by atoms with E-state index < -0.39 is 0 Å². The van der Waals surface area contributed by atoms with Crippen LogP contribution in [-0.4, -0.2) is 28.5 Å². The predicted molar refractivity (Wildman–Crippen MR) is 65.5 cm³/mol. The first-order valence-electron chi connectivity index (χ1n) is 5.39. The lowest BCUT2D eigenvalue weighted by Gasteiger charge is -2.21. The number of amides is 1. The van der Waals surface area contributed by atoms with Gasteiger partial charge in [0.15, 0.2) is 0 Å². The topological polar surface area (TPSA) is 40.5 Å². The van der Waals surface area contributed by atoms with Crippen LogP contribution in [0, 0.1) is 0 Å². The Balaban J connectivity index is 2.29. The summed E-state index contributed by atoms with van der Waals surface area (Å²) in [7, 11) is 0. The monoisotopic (exact) mass is 283 g/mol. The van der Waals surface area contributed by atoms with Crippen molar-refractivity contribution in [2.24, 2.45) is 0 Å². The van der Waals surface area contributed by atoms with E-state index in [4.69, 9.17) is 0 Å². The van der Waals surface area contributed by atoms with E-state index in [1.165, 1.54) is 6.07 Å². The second kappa shape index (κ2) is 4.45. The van der Waals surface area contributed by atoms with Crippen molar-refractivity contribution >= 4 is 21.8 Å². The molecule has 1 aromatic carbocycles. The zero-order chi connectivity index (χ0) is 11.7. The van der Waals surface area contributed by atoms with E-state index in [-0.39, 0.29) is 17.7 Å². The number of hydrogen-bond acceptors (Lipinski definition) is 2. The molecular formula is C12H14BrNO2. The van der Waals surface area contributed by atoms with Crippen molar-refractivity contribution in [3.8, 4) is 5.75 Å². The Kier molecular flexibility index (Phi) is 3.19. The Labute approximate surface area is 103 Å². The lowest BCUT2D eigenvalue weighted by molar-refractivity contribution is 0.0744. The SMILES string of the molecule is CC1CCCN1C(=O)c1cc(Br)ccc1O. The molecule has 1 unspecified atom stereocenters.